The third kappa shape index (κ3) is 4.45. The van der Waals surface area contributed by atoms with Crippen LogP contribution < -0.4 is 10.5 Å². The van der Waals surface area contributed by atoms with Gasteiger partial charge in [-0.15, -0.1) is 24.8 Å². The number of rotatable bonds is 5. The SMILES string of the molecule is CC[N+]1([C@@H]2C(=O)CC[C@]3(C)c4cc(C)ccc4O[C@H]23)CCN(CCC(N)=O)CC1.Cl.Cl. The number of carbonyl (C=O) groups is 2. The average Bonchev–Trinajstić information content (AvgIpc) is 2.99. The lowest BCUT2D eigenvalue weighted by molar-refractivity contribution is -0.948. The Kier molecular flexibility index (Phi) is 8.07. The molecule has 1 aliphatic carbocycles. The van der Waals surface area contributed by atoms with Crippen molar-refractivity contribution in [3.8, 4) is 5.75 Å². The molecule has 2 aliphatic heterocycles. The first kappa shape index (κ1) is 25.9. The highest BCUT2D eigenvalue weighted by atomic mass is 35.5. The molecule has 0 bridgehead atoms. The van der Waals surface area contributed by atoms with Gasteiger partial charge < -0.3 is 15.0 Å². The van der Waals surface area contributed by atoms with Crippen LogP contribution in [0.1, 0.15) is 44.2 Å². The maximum Gasteiger partial charge on any atom is 0.218 e. The number of likely N-dealkylation sites (N-methyl/N-ethyl adjacent to an activating group) is 1. The number of halogens is 2. The second-order valence-electron chi connectivity index (χ2n) is 9.41. The molecule has 4 rings (SSSR count). The number of Topliss-reactive ketones (excluding diaryl/α,β-unsaturated/α-hetero) is 1. The van der Waals surface area contributed by atoms with Crippen LogP contribution in [-0.4, -0.2) is 72.5 Å². The van der Waals surface area contributed by atoms with Crippen LogP contribution >= 0.6 is 24.8 Å². The monoisotopic (exact) mass is 472 g/mol. The highest BCUT2D eigenvalue weighted by Crippen LogP contribution is 2.51. The van der Waals surface area contributed by atoms with Crippen molar-refractivity contribution in [2.45, 2.75) is 57.6 Å². The number of aryl methyl sites for hydroxylation is 1. The van der Waals surface area contributed by atoms with Crippen molar-refractivity contribution < 1.29 is 18.8 Å². The standard InChI is InChI=1S/C23H33N3O3.2ClH/c1-4-26(13-11-25(12-14-26)10-8-20(24)28)21-18(27)7-9-23(3)17-15-16(2)5-6-19(17)29-22(21)23;;/h5-6,15,21-22H,4,7-14H2,1-3H3,(H-,24,28);2*1H/p+1/t21-,22-,23-;;/m1../s1. The van der Waals surface area contributed by atoms with Crippen LogP contribution in [0.25, 0.3) is 0 Å². The zero-order chi connectivity index (χ0) is 20.8. The van der Waals surface area contributed by atoms with Gasteiger partial charge in [0.1, 0.15) is 5.75 Å². The molecule has 2 heterocycles. The lowest BCUT2D eigenvalue weighted by Gasteiger charge is -2.53. The fourth-order valence-electron chi connectivity index (χ4n) is 5.78. The Hall–Kier alpha value is -1.34. The summed E-state index contributed by atoms with van der Waals surface area (Å²) >= 11 is 0. The number of primary amides is 1. The van der Waals surface area contributed by atoms with E-state index in [-0.39, 0.29) is 48.3 Å². The van der Waals surface area contributed by atoms with E-state index >= 15 is 0 Å². The quantitative estimate of drug-likeness (QED) is 0.668. The van der Waals surface area contributed by atoms with Gasteiger partial charge in [0, 0.05) is 43.5 Å². The number of piperazine rings is 1. The third-order valence-electron chi connectivity index (χ3n) is 7.76. The minimum absolute atomic E-state index is 0. The molecule has 1 aromatic carbocycles. The molecule has 0 aromatic heterocycles. The van der Waals surface area contributed by atoms with Gasteiger partial charge in [-0.25, -0.2) is 0 Å². The Morgan fingerprint density at radius 2 is 1.97 bits per heavy atom. The molecule has 1 saturated carbocycles. The van der Waals surface area contributed by atoms with Gasteiger partial charge in [-0.1, -0.05) is 24.6 Å². The number of ether oxygens (including phenoxy) is 1. The highest BCUT2D eigenvalue weighted by molar-refractivity contribution is 5.86. The van der Waals surface area contributed by atoms with Gasteiger partial charge in [0.15, 0.2) is 17.9 Å². The fraction of sp³-hybridized carbons (Fsp3) is 0.652. The van der Waals surface area contributed by atoms with E-state index in [1.54, 1.807) is 0 Å². The Morgan fingerprint density at radius 1 is 1.29 bits per heavy atom. The van der Waals surface area contributed by atoms with E-state index in [2.05, 4.69) is 43.9 Å². The zero-order valence-electron chi connectivity index (χ0n) is 18.8. The van der Waals surface area contributed by atoms with Crippen molar-refractivity contribution in [1.82, 2.24) is 4.90 Å². The van der Waals surface area contributed by atoms with E-state index in [0.29, 0.717) is 25.2 Å². The molecule has 3 atom stereocenters. The van der Waals surface area contributed by atoms with Gasteiger partial charge in [0.05, 0.1) is 19.6 Å². The van der Waals surface area contributed by atoms with Crippen LogP contribution in [0, 0.1) is 6.92 Å². The number of hydrogen-bond donors (Lipinski definition) is 1. The maximum atomic E-state index is 13.3. The van der Waals surface area contributed by atoms with Gasteiger partial charge in [-0.3, -0.25) is 14.5 Å². The first-order valence-electron chi connectivity index (χ1n) is 11.0. The summed E-state index contributed by atoms with van der Waals surface area (Å²) in [6, 6.07) is 6.30. The number of fused-ring (bicyclic) bond motifs is 3. The molecule has 31 heavy (non-hydrogen) atoms. The predicted octanol–water partition coefficient (Wildman–Crippen LogP) is 2.62. The van der Waals surface area contributed by atoms with Crippen molar-refractivity contribution in [2.24, 2.45) is 5.73 Å². The Morgan fingerprint density at radius 3 is 2.58 bits per heavy atom. The molecule has 0 spiro atoms. The van der Waals surface area contributed by atoms with Crippen molar-refractivity contribution >= 4 is 36.5 Å². The largest absolute Gasteiger partial charge is 0.482 e. The van der Waals surface area contributed by atoms with E-state index in [9.17, 15) is 9.59 Å². The fourth-order valence-corrected chi connectivity index (χ4v) is 5.78. The lowest BCUT2D eigenvalue weighted by Crippen LogP contribution is -2.72. The number of carbonyl (C=O) groups excluding carboxylic acids is 2. The molecule has 1 aromatic rings. The van der Waals surface area contributed by atoms with Crippen LogP contribution in [0.15, 0.2) is 18.2 Å². The van der Waals surface area contributed by atoms with E-state index in [1.165, 1.54) is 11.1 Å². The van der Waals surface area contributed by atoms with Crippen LogP contribution in [0.5, 0.6) is 5.75 Å². The number of hydrogen-bond acceptors (Lipinski definition) is 4. The molecule has 0 radical (unpaired) electrons. The van der Waals surface area contributed by atoms with Gasteiger partial charge in [-0.2, -0.15) is 0 Å². The van der Waals surface area contributed by atoms with Crippen molar-refractivity contribution in [3.63, 3.8) is 0 Å². The van der Waals surface area contributed by atoms with Gasteiger partial charge >= 0.3 is 0 Å². The average molecular weight is 473 g/mol. The maximum absolute atomic E-state index is 13.3. The molecule has 6 nitrogen and oxygen atoms in total. The summed E-state index contributed by atoms with van der Waals surface area (Å²) in [5.74, 6) is 1.05. The van der Waals surface area contributed by atoms with Crippen LogP contribution in [0.2, 0.25) is 0 Å². The summed E-state index contributed by atoms with van der Waals surface area (Å²) in [6.45, 7) is 11.8. The summed E-state index contributed by atoms with van der Waals surface area (Å²) in [6.07, 6.45) is 1.78. The van der Waals surface area contributed by atoms with Crippen molar-refractivity contribution in [1.29, 1.82) is 0 Å². The molecule has 1 amide bonds. The zero-order valence-corrected chi connectivity index (χ0v) is 20.4. The Bertz CT molecular complexity index is 826. The summed E-state index contributed by atoms with van der Waals surface area (Å²) in [4.78, 5) is 26.7. The van der Waals surface area contributed by atoms with Crippen molar-refractivity contribution in [3.05, 3.63) is 29.3 Å². The van der Waals surface area contributed by atoms with E-state index in [4.69, 9.17) is 10.5 Å². The first-order valence-corrected chi connectivity index (χ1v) is 11.0. The summed E-state index contributed by atoms with van der Waals surface area (Å²) < 4.78 is 7.32. The second-order valence-corrected chi connectivity index (χ2v) is 9.41. The van der Waals surface area contributed by atoms with Crippen LogP contribution in [0.4, 0.5) is 0 Å². The number of quaternary nitrogens is 1. The molecule has 1 saturated heterocycles. The van der Waals surface area contributed by atoms with Gasteiger partial charge in [-0.05, 0) is 26.3 Å². The van der Waals surface area contributed by atoms with E-state index < -0.39 is 0 Å². The van der Waals surface area contributed by atoms with Crippen LogP contribution in [0.3, 0.4) is 0 Å². The second kappa shape index (κ2) is 9.65. The molecular formula is C23H36Cl2N3O3+. The summed E-state index contributed by atoms with van der Waals surface area (Å²) in [7, 11) is 0. The lowest BCUT2D eigenvalue weighted by atomic mass is 9.66. The number of benzene rings is 1. The molecule has 3 aliphatic rings. The molecule has 8 heteroatoms. The predicted molar refractivity (Wildman–Crippen MR) is 126 cm³/mol. The van der Waals surface area contributed by atoms with Crippen molar-refractivity contribution in [2.75, 3.05) is 39.3 Å². The number of amides is 1. The topological polar surface area (TPSA) is 72.6 Å². The molecule has 174 valence electrons. The smallest absolute Gasteiger partial charge is 0.218 e. The van der Waals surface area contributed by atoms with E-state index in [0.717, 1.165) is 49.4 Å². The Balaban J connectivity index is 0.00000171. The third-order valence-corrected chi connectivity index (χ3v) is 7.76. The van der Waals surface area contributed by atoms with Gasteiger partial charge in [0.2, 0.25) is 5.91 Å². The summed E-state index contributed by atoms with van der Waals surface area (Å²) in [5.41, 5.74) is 7.72. The highest BCUT2D eigenvalue weighted by Gasteiger charge is 2.61. The minimum atomic E-state index is -0.252. The molecule has 2 fully saturated rings. The summed E-state index contributed by atoms with van der Waals surface area (Å²) in [5, 5.41) is 0. The normalized spacial score (nSPS) is 29.1. The molecule has 2 N–H and O–H groups in total. The number of ketones is 1. The number of nitrogens with zero attached hydrogens (tertiary/aromatic N) is 2. The van der Waals surface area contributed by atoms with Crippen LogP contribution in [-0.2, 0) is 15.0 Å². The Labute approximate surface area is 197 Å². The van der Waals surface area contributed by atoms with Gasteiger partial charge in [0.25, 0.3) is 0 Å². The van der Waals surface area contributed by atoms with E-state index in [1.807, 2.05) is 0 Å². The number of nitrogens with two attached hydrogens (primary N) is 1. The molecule has 0 unspecified atom stereocenters. The minimum Gasteiger partial charge on any atom is -0.482 e. The first-order chi connectivity index (χ1) is 13.8. The molecular weight excluding hydrogens is 437 g/mol.